The lowest BCUT2D eigenvalue weighted by atomic mass is 10.1. The molecule has 0 bridgehead atoms. The molecule has 1 aliphatic rings. The van der Waals surface area contributed by atoms with Crippen LogP contribution in [0.2, 0.25) is 0 Å². The minimum absolute atomic E-state index is 0.00556. The molecule has 1 fully saturated rings. The van der Waals surface area contributed by atoms with Gasteiger partial charge < -0.3 is 4.90 Å². The molecule has 0 N–H and O–H groups in total. The van der Waals surface area contributed by atoms with Crippen LogP contribution in [0.5, 0.6) is 0 Å². The third kappa shape index (κ3) is 4.39. The molecule has 2 aromatic rings. The molecule has 0 radical (unpaired) electrons. The number of amides is 1. The number of hydrogen-bond acceptors (Lipinski definition) is 4. The van der Waals surface area contributed by atoms with Gasteiger partial charge in [-0.05, 0) is 37.1 Å². The molecule has 0 saturated carbocycles. The van der Waals surface area contributed by atoms with Crippen LogP contribution in [0, 0.1) is 5.82 Å². The van der Waals surface area contributed by atoms with Crippen molar-refractivity contribution in [3.63, 3.8) is 0 Å². The molecule has 1 aliphatic heterocycles. The van der Waals surface area contributed by atoms with Crippen molar-refractivity contribution in [2.45, 2.75) is 38.9 Å². The molecule has 132 valence electrons. The van der Waals surface area contributed by atoms with E-state index < -0.39 is 0 Å². The molecule has 5 nitrogen and oxygen atoms in total. The number of rotatable bonds is 5. The zero-order chi connectivity index (χ0) is 17.8. The molecule has 6 heteroatoms. The minimum Gasteiger partial charge on any atom is -0.340 e. The highest BCUT2D eigenvalue weighted by atomic mass is 19.1. The molecule has 1 saturated heterocycles. The highest BCUT2D eigenvalue weighted by Crippen LogP contribution is 2.32. The van der Waals surface area contributed by atoms with Crippen molar-refractivity contribution >= 4 is 5.91 Å². The number of aromatic nitrogens is 2. The third-order valence-corrected chi connectivity index (χ3v) is 4.64. The Bertz CT molecular complexity index is 734. The minimum atomic E-state index is -0.213. The van der Waals surface area contributed by atoms with Gasteiger partial charge in [0.15, 0.2) is 0 Å². The van der Waals surface area contributed by atoms with E-state index in [1.807, 2.05) is 18.3 Å². The number of likely N-dealkylation sites (tertiary alicyclic amines) is 1. The van der Waals surface area contributed by atoms with Gasteiger partial charge in [-0.2, -0.15) is 0 Å². The lowest BCUT2D eigenvalue weighted by Crippen LogP contribution is -2.26. The second-order valence-electron chi connectivity index (χ2n) is 6.57. The van der Waals surface area contributed by atoms with E-state index in [1.165, 1.54) is 12.1 Å². The zero-order valence-corrected chi connectivity index (χ0v) is 14.7. The summed E-state index contributed by atoms with van der Waals surface area (Å²) >= 11 is 0. The average Bonchev–Trinajstić information content (AvgIpc) is 3.05. The Morgan fingerprint density at radius 2 is 2.08 bits per heavy atom. The molecule has 1 amide bonds. The Kier molecular flexibility index (Phi) is 5.38. The Morgan fingerprint density at radius 1 is 1.32 bits per heavy atom. The number of nitrogens with zero attached hydrogens (tertiary/aromatic N) is 4. The summed E-state index contributed by atoms with van der Waals surface area (Å²) in [7, 11) is 1.76. The highest BCUT2D eigenvalue weighted by Gasteiger charge is 2.27. The fourth-order valence-electron chi connectivity index (χ4n) is 3.19. The van der Waals surface area contributed by atoms with E-state index in [4.69, 9.17) is 4.98 Å². The first-order valence-electron chi connectivity index (χ1n) is 8.54. The average molecular weight is 342 g/mol. The Labute approximate surface area is 147 Å². The van der Waals surface area contributed by atoms with E-state index in [0.717, 1.165) is 42.9 Å². The SMILES string of the molecule is CC(=O)N(C)Cc1cncc(C2CCCN2Cc2ccc(F)cc2)n1. The maximum Gasteiger partial charge on any atom is 0.219 e. The maximum absolute atomic E-state index is 13.1. The van der Waals surface area contributed by atoms with E-state index in [2.05, 4.69) is 9.88 Å². The quantitative estimate of drug-likeness (QED) is 0.838. The summed E-state index contributed by atoms with van der Waals surface area (Å²) < 4.78 is 13.1. The van der Waals surface area contributed by atoms with Crippen LogP contribution < -0.4 is 0 Å². The third-order valence-electron chi connectivity index (χ3n) is 4.64. The van der Waals surface area contributed by atoms with Gasteiger partial charge in [-0.15, -0.1) is 0 Å². The monoisotopic (exact) mass is 342 g/mol. The van der Waals surface area contributed by atoms with Crippen molar-refractivity contribution in [2.24, 2.45) is 0 Å². The Balaban J connectivity index is 1.73. The van der Waals surface area contributed by atoms with Crippen molar-refractivity contribution < 1.29 is 9.18 Å². The molecule has 2 heterocycles. The normalized spacial score (nSPS) is 17.6. The lowest BCUT2D eigenvalue weighted by molar-refractivity contribution is -0.128. The second kappa shape index (κ2) is 7.70. The van der Waals surface area contributed by atoms with Gasteiger partial charge in [-0.25, -0.2) is 4.39 Å². The molecule has 0 spiro atoms. The van der Waals surface area contributed by atoms with Gasteiger partial charge in [0.05, 0.1) is 36.4 Å². The van der Waals surface area contributed by atoms with Crippen LogP contribution in [-0.2, 0) is 17.9 Å². The molecule has 1 atom stereocenters. The van der Waals surface area contributed by atoms with Gasteiger partial charge in [0, 0.05) is 20.5 Å². The Morgan fingerprint density at radius 3 is 2.80 bits per heavy atom. The van der Waals surface area contributed by atoms with Crippen LogP contribution in [0.4, 0.5) is 4.39 Å². The number of carbonyl (C=O) groups excluding carboxylic acids is 1. The van der Waals surface area contributed by atoms with Crippen LogP contribution in [0.15, 0.2) is 36.7 Å². The van der Waals surface area contributed by atoms with Crippen molar-refractivity contribution in [3.05, 3.63) is 59.4 Å². The van der Waals surface area contributed by atoms with Crippen LogP contribution in [-0.4, -0.2) is 39.3 Å². The van der Waals surface area contributed by atoms with Crippen molar-refractivity contribution in [3.8, 4) is 0 Å². The van der Waals surface area contributed by atoms with Gasteiger partial charge in [0.2, 0.25) is 5.91 Å². The van der Waals surface area contributed by atoms with E-state index in [1.54, 1.807) is 25.1 Å². The molecule has 0 aliphatic carbocycles. The highest BCUT2D eigenvalue weighted by molar-refractivity contribution is 5.72. The summed E-state index contributed by atoms with van der Waals surface area (Å²) in [4.78, 5) is 24.4. The molecular formula is C19H23FN4O. The fraction of sp³-hybridized carbons (Fsp3) is 0.421. The van der Waals surface area contributed by atoms with Crippen molar-refractivity contribution in [2.75, 3.05) is 13.6 Å². The first-order valence-corrected chi connectivity index (χ1v) is 8.54. The molecular weight excluding hydrogens is 319 g/mol. The van der Waals surface area contributed by atoms with Crippen LogP contribution in [0.1, 0.15) is 42.8 Å². The summed E-state index contributed by atoms with van der Waals surface area (Å²) in [6.45, 7) is 3.75. The largest absolute Gasteiger partial charge is 0.340 e. The summed E-state index contributed by atoms with van der Waals surface area (Å²) in [6.07, 6.45) is 5.65. The van der Waals surface area contributed by atoms with E-state index in [9.17, 15) is 9.18 Å². The summed E-state index contributed by atoms with van der Waals surface area (Å²) in [5, 5.41) is 0. The number of hydrogen-bond donors (Lipinski definition) is 0. The van der Waals surface area contributed by atoms with Gasteiger partial charge in [-0.3, -0.25) is 19.7 Å². The second-order valence-corrected chi connectivity index (χ2v) is 6.57. The van der Waals surface area contributed by atoms with Gasteiger partial charge in [0.25, 0.3) is 0 Å². The first kappa shape index (κ1) is 17.5. The number of benzene rings is 1. The first-order chi connectivity index (χ1) is 12.0. The molecule has 25 heavy (non-hydrogen) atoms. The maximum atomic E-state index is 13.1. The van der Waals surface area contributed by atoms with Gasteiger partial charge in [-0.1, -0.05) is 12.1 Å². The molecule has 1 aromatic heterocycles. The molecule has 3 rings (SSSR count). The van der Waals surface area contributed by atoms with Gasteiger partial charge in [0.1, 0.15) is 5.82 Å². The van der Waals surface area contributed by atoms with Crippen molar-refractivity contribution in [1.82, 2.24) is 19.8 Å². The van der Waals surface area contributed by atoms with Gasteiger partial charge >= 0.3 is 0 Å². The lowest BCUT2D eigenvalue weighted by Gasteiger charge is -2.24. The predicted octanol–water partition coefficient (Wildman–Crippen LogP) is 2.93. The smallest absolute Gasteiger partial charge is 0.219 e. The molecule has 1 unspecified atom stereocenters. The van der Waals surface area contributed by atoms with Crippen LogP contribution in [0.3, 0.4) is 0 Å². The van der Waals surface area contributed by atoms with Crippen LogP contribution >= 0.6 is 0 Å². The topological polar surface area (TPSA) is 49.3 Å². The number of halogens is 1. The summed E-state index contributed by atoms with van der Waals surface area (Å²) in [6, 6.07) is 6.86. The summed E-state index contributed by atoms with van der Waals surface area (Å²) in [5.74, 6) is -0.208. The number of carbonyl (C=O) groups is 1. The Hall–Kier alpha value is -2.34. The molecule has 1 aromatic carbocycles. The van der Waals surface area contributed by atoms with E-state index in [-0.39, 0.29) is 17.8 Å². The summed E-state index contributed by atoms with van der Waals surface area (Å²) in [5.41, 5.74) is 2.83. The van der Waals surface area contributed by atoms with Crippen molar-refractivity contribution in [1.29, 1.82) is 0 Å². The standard InChI is InChI=1S/C19H23FN4O/c1-14(25)23(2)13-17-10-21-11-18(22-17)19-4-3-9-24(19)12-15-5-7-16(20)8-6-15/h5-8,10-11,19H,3-4,9,12-13H2,1-2H3. The zero-order valence-electron chi connectivity index (χ0n) is 14.7. The van der Waals surface area contributed by atoms with E-state index in [0.29, 0.717) is 6.54 Å². The van der Waals surface area contributed by atoms with E-state index >= 15 is 0 Å². The predicted molar refractivity (Wildman–Crippen MR) is 93.0 cm³/mol. The fourth-order valence-corrected chi connectivity index (χ4v) is 3.19. The van der Waals surface area contributed by atoms with Crippen LogP contribution in [0.25, 0.3) is 0 Å².